The molecule has 0 heterocycles. The van der Waals surface area contributed by atoms with E-state index in [4.69, 9.17) is 11.6 Å². The number of benzene rings is 3. The van der Waals surface area contributed by atoms with Crippen LogP contribution in [0.2, 0.25) is 0 Å². The number of halogens is 1. The Morgan fingerprint density at radius 2 is 1.10 bits per heavy atom. The van der Waals surface area contributed by atoms with Gasteiger partial charge in [-0.2, -0.15) is 0 Å². The maximum atomic E-state index is 11.4. The standard InChI is InChI=1S/C27H30ClNO/c28-27(30)25-17-19-26(20-18-25)29(21-9-7-15-23-11-3-1-4-12-23)22-10-8-16-24-13-5-2-6-14-24/h1-6,11-14,17-20H,7-10,15-16,21-22H2. The summed E-state index contributed by atoms with van der Waals surface area (Å²) in [5, 5.41) is -0.404. The van der Waals surface area contributed by atoms with Crippen molar-refractivity contribution in [3.05, 3.63) is 102 Å². The third-order valence-corrected chi connectivity index (χ3v) is 5.65. The molecule has 0 aliphatic carbocycles. The van der Waals surface area contributed by atoms with E-state index in [2.05, 4.69) is 65.6 Å². The maximum Gasteiger partial charge on any atom is 0.252 e. The van der Waals surface area contributed by atoms with E-state index in [1.807, 2.05) is 24.3 Å². The van der Waals surface area contributed by atoms with Crippen LogP contribution in [-0.2, 0) is 12.8 Å². The van der Waals surface area contributed by atoms with Crippen molar-refractivity contribution in [3.63, 3.8) is 0 Å². The zero-order chi connectivity index (χ0) is 21.0. The molecule has 30 heavy (non-hydrogen) atoms. The van der Waals surface area contributed by atoms with E-state index >= 15 is 0 Å². The van der Waals surface area contributed by atoms with Crippen LogP contribution in [0.5, 0.6) is 0 Å². The predicted octanol–water partition coefficient (Wildman–Crippen LogP) is 6.92. The third kappa shape index (κ3) is 7.35. The number of carbonyl (C=O) groups is 1. The molecule has 3 aromatic rings. The first-order valence-corrected chi connectivity index (χ1v) is 11.2. The first-order valence-electron chi connectivity index (χ1n) is 10.8. The molecule has 0 unspecified atom stereocenters. The minimum absolute atomic E-state index is 0.404. The molecular formula is C27H30ClNO. The zero-order valence-corrected chi connectivity index (χ0v) is 18.2. The summed E-state index contributed by atoms with van der Waals surface area (Å²) < 4.78 is 0. The van der Waals surface area contributed by atoms with Gasteiger partial charge in [0.2, 0.25) is 0 Å². The van der Waals surface area contributed by atoms with Crippen LogP contribution in [0.4, 0.5) is 5.69 Å². The molecule has 0 aliphatic heterocycles. The number of hydrogen-bond donors (Lipinski definition) is 0. The Balaban J connectivity index is 1.52. The van der Waals surface area contributed by atoms with Gasteiger partial charge in [0, 0.05) is 24.3 Å². The Hall–Kier alpha value is -2.58. The van der Waals surface area contributed by atoms with E-state index in [1.165, 1.54) is 24.0 Å². The van der Waals surface area contributed by atoms with Crippen LogP contribution in [0.3, 0.4) is 0 Å². The lowest BCUT2D eigenvalue weighted by Gasteiger charge is -2.25. The topological polar surface area (TPSA) is 20.3 Å². The van der Waals surface area contributed by atoms with Gasteiger partial charge in [0.15, 0.2) is 0 Å². The fourth-order valence-corrected chi connectivity index (χ4v) is 3.85. The average molecular weight is 420 g/mol. The fraction of sp³-hybridized carbons (Fsp3) is 0.296. The molecular weight excluding hydrogens is 390 g/mol. The Bertz CT molecular complexity index is 830. The summed E-state index contributed by atoms with van der Waals surface area (Å²) in [5.41, 5.74) is 4.51. The number of nitrogens with zero attached hydrogens (tertiary/aromatic N) is 1. The van der Waals surface area contributed by atoms with Gasteiger partial charge < -0.3 is 4.90 Å². The SMILES string of the molecule is O=C(Cl)c1ccc(N(CCCCc2ccccc2)CCCCc2ccccc2)cc1. The molecule has 0 saturated carbocycles. The van der Waals surface area contributed by atoms with Crippen LogP contribution in [-0.4, -0.2) is 18.3 Å². The lowest BCUT2D eigenvalue weighted by molar-refractivity contribution is 0.108. The highest BCUT2D eigenvalue weighted by Gasteiger charge is 2.08. The van der Waals surface area contributed by atoms with Crippen LogP contribution in [0, 0.1) is 0 Å². The van der Waals surface area contributed by atoms with E-state index in [1.54, 1.807) is 0 Å². The van der Waals surface area contributed by atoms with Gasteiger partial charge in [0.25, 0.3) is 5.24 Å². The molecule has 3 heteroatoms. The summed E-state index contributed by atoms with van der Waals surface area (Å²) in [5.74, 6) is 0. The van der Waals surface area contributed by atoms with Crippen LogP contribution in [0.15, 0.2) is 84.9 Å². The van der Waals surface area contributed by atoms with Crippen molar-refractivity contribution in [3.8, 4) is 0 Å². The molecule has 0 aromatic heterocycles. The number of hydrogen-bond acceptors (Lipinski definition) is 2. The highest BCUT2D eigenvalue weighted by atomic mass is 35.5. The second kappa shape index (κ2) is 12.2. The van der Waals surface area contributed by atoms with Crippen LogP contribution < -0.4 is 4.90 Å². The third-order valence-electron chi connectivity index (χ3n) is 5.43. The molecule has 3 aromatic carbocycles. The molecule has 0 amide bonds. The molecule has 0 spiro atoms. The zero-order valence-electron chi connectivity index (χ0n) is 17.5. The van der Waals surface area contributed by atoms with E-state index < -0.39 is 5.24 Å². The van der Waals surface area contributed by atoms with Gasteiger partial charge in [-0.15, -0.1) is 0 Å². The summed E-state index contributed by atoms with van der Waals surface area (Å²) in [6, 6.07) is 29.0. The molecule has 3 rings (SSSR count). The van der Waals surface area contributed by atoms with Gasteiger partial charge in [-0.3, -0.25) is 4.79 Å². The molecule has 0 bridgehead atoms. The summed E-state index contributed by atoms with van der Waals surface area (Å²) >= 11 is 5.60. The maximum absolute atomic E-state index is 11.4. The fourth-order valence-electron chi connectivity index (χ4n) is 3.73. The number of aryl methyl sites for hydroxylation is 2. The van der Waals surface area contributed by atoms with Crippen molar-refractivity contribution in [1.82, 2.24) is 0 Å². The lowest BCUT2D eigenvalue weighted by atomic mass is 10.1. The molecule has 0 radical (unpaired) electrons. The smallest absolute Gasteiger partial charge is 0.252 e. The molecule has 0 atom stereocenters. The normalized spacial score (nSPS) is 10.7. The summed E-state index contributed by atoms with van der Waals surface area (Å²) in [7, 11) is 0. The van der Waals surface area contributed by atoms with Crippen molar-refractivity contribution in [1.29, 1.82) is 0 Å². The molecule has 156 valence electrons. The quantitative estimate of drug-likeness (QED) is 0.234. The Labute approximate surface area is 185 Å². The van der Waals surface area contributed by atoms with Crippen molar-refractivity contribution in [2.24, 2.45) is 0 Å². The minimum atomic E-state index is -0.404. The predicted molar refractivity (Wildman–Crippen MR) is 128 cm³/mol. The van der Waals surface area contributed by atoms with Gasteiger partial charge in [0.05, 0.1) is 0 Å². The summed E-state index contributed by atoms with van der Waals surface area (Å²) in [6.07, 6.45) is 6.85. The van der Waals surface area contributed by atoms with E-state index in [0.29, 0.717) is 5.56 Å². The highest BCUT2D eigenvalue weighted by Crippen LogP contribution is 2.19. The van der Waals surface area contributed by atoms with Crippen LogP contribution in [0.25, 0.3) is 0 Å². The first-order chi connectivity index (χ1) is 14.7. The second-order valence-corrected chi connectivity index (χ2v) is 8.04. The monoisotopic (exact) mass is 419 g/mol. The van der Waals surface area contributed by atoms with Crippen LogP contribution >= 0.6 is 11.6 Å². The lowest BCUT2D eigenvalue weighted by Crippen LogP contribution is -2.26. The molecule has 2 nitrogen and oxygen atoms in total. The van der Waals surface area contributed by atoms with E-state index in [0.717, 1.165) is 44.5 Å². The molecule has 0 aliphatic rings. The van der Waals surface area contributed by atoms with Crippen molar-refractivity contribution >= 4 is 22.5 Å². The number of unbranched alkanes of at least 4 members (excludes halogenated alkanes) is 2. The summed E-state index contributed by atoms with van der Waals surface area (Å²) in [6.45, 7) is 2.04. The van der Waals surface area contributed by atoms with Crippen molar-refractivity contribution in [2.75, 3.05) is 18.0 Å². The van der Waals surface area contributed by atoms with Gasteiger partial charge >= 0.3 is 0 Å². The first kappa shape index (κ1) is 22.1. The van der Waals surface area contributed by atoms with E-state index in [9.17, 15) is 4.79 Å². The van der Waals surface area contributed by atoms with Gasteiger partial charge in [-0.1, -0.05) is 60.7 Å². The Morgan fingerprint density at radius 3 is 1.53 bits per heavy atom. The number of rotatable bonds is 12. The van der Waals surface area contributed by atoms with Gasteiger partial charge in [-0.25, -0.2) is 0 Å². The molecule has 0 saturated heterocycles. The Kier molecular flexibility index (Phi) is 8.99. The second-order valence-electron chi connectivity index (χ2n) is 7.69. The van der Waals surface area contributed by atoms with Gasteiger partial charge in [-0.05, 0) is 85.5 Å². The largest absolute Gasteiger partial charge is 0.372 e. The minimum Gasteiger partial charge on any atom is -0.372 e. The molecule has 0 N–H and O–H groups in total. The van der Waals surface area contributed by atoms with Crippen molar-refractivity contribution in [2.45, 2.75) is 38.5 Å². The summed E-state index contributed by atoms with van der Waals surface area (Å²) in [4.78, 5) is 13.8. The highest BCUT2D eigenvalue weighted by molar-refractivity contribution is 6.67. The molecule has 0 fully saturated rings. The number of carbonyl (C=O) groups excluding carboxylic acids is 1. The van der Waals surface area contributed by atoms with Crippen molar-refractivity contribution < 1.29 is 4.79 Å². The Morgan fingerprint density at radius 1 is 0.633 bits per heavy atom. The van der Waals surface area contributed by atoms with Crippen LogP contribution in [0.1, 0.15) is 47.2 Å². The van der Waals surface area contributed by atoms with E-state index in [-0.39, 0.29) is 0 Å². The average Bonchev–Trinajstić information content (AvgIpc) is 2.79. The number of anilines is 1. The van der Waals surface area contributed by atoms with Gasteiger partial charge in [0.1, 0.15) is 0 Å².